The molecule has 0 saturated heterocycles. The minimum Gasteiger partial charge on any atom is -0.507 e. The van der Waals surface area contributed by atoms with E-state index in [1.807, 2.05) is 18.2 Å². The minimum atomic E-state index is -0.373. The molecule has 0 saturated carbocycles. The van der Waals surface area contributed by atoms with Crippen LogP contribution in [-0.4, -0.2) is 25.2 Å². The van der Waals surface area contributed by atoms with Crippen LogP contribution in [0.1, 0.15) is 15.9 Å². The molecule has 5 nitrogen and oxygen atoms in total. The maximum Gasteiger partial charge on any atom is 0.255 e. The van der Waals surface area contributed by atoms with E-state index in [1.165, 1.54) is 19.2 Å². The second-order valence-corrected chi connectivity index (χ2v) is 5.44. The SMILES string of the molecule is COc1ccc(C(=O)NCc2cc(Br)ccc2OC)c(O)c1. The smallest absolute Gasteiger partial charge is 0.255 e. The molecule has 2 rings (SSSR count). The number of phenols is 1. The van der Waals surface area contributed by atoms with E-state index in [1.54, 1.807) is 13.2 Å². The maximum atomic E-state index is 12.2. The van der Waals surface area contributed by atoms with Crippen LogP contribution in [-0.2, 0) is 6.54 Å². The molecule has 1 amide bonds. The summed E-state index contributed by atoms with van der Waals surface area (Å²) in [7, 11) is 3.07. The van der Waals surface area contributed by atoms with Crippen molar-refractivity contribution in [3.05, 3.63) is 52.0 Å². The lowest BCUT2D eigenvalue weighted by Gasteiger charge is -2.11. The van der Waals surface area contributed by atoms with Gasteiger partial charge in [0.2, 0.25) is 0 Å². The van der Waals surface area contributed by atoms with E-state index in [2.05, 4.69) is 21.2 Å². The number of carbonyl (C=O) groups excluding carboxylic acids is 1. The van der Waals surface area contributed by atoms with E-state index in [9.17, 15) is 9.90 Å². The van der Waals surface area contributed by atoms with Crippen molar-refractivity contribution in [1.29, 1.82) is 0 Å². The first-order valence-corrected chi connectivity index (χ1v) is 7.32. The van der Waals surface area contributed by atoms with Gasteiger partial charge in [-0.05, 0) is 30.3 Å². The fourth-order valence-electron chi connectivity index (χ4n) is 1.99. The zero-order valence-corrected chi connectivity index (χ0v) is 13.8. The van der Waals surface area contributed by atoms with Gasteiger partial charge in [-0.15, -0.1) is 0 Å². The average Bonchev–Trinajstić information content (AvgIpc) is 2.52. The molecule has 2 aromatic rings. The summed E-state index contributed by atoms with van der Waals surface area (Å²) in [6.07, 6.45) is 0. The second-order valence-electron chi connectivity index (χ2n) is 4.52. The molecular weight excluding hydrogens is 350 g/mol. The van der Waals surface area contributed by atoms with Crippen molar-refractivity contribution in [3.8, 4) is 17.2 Å². The van der Waals surface area contributed by atoms with Crippen LogP contribution in [0.4, 0.5) is 0 Å². The number of nitrogens with one attached hydrogen (secondary N) is 1. The molecular formula is C16H16BrNO4. The van der Waals surface area contributed by atoms with E-state index < -0.39 is 0 Å². The van der Waals surface area contributed by atoms with Gasteiger partial charge in [0.25, 0.3) is 5.91 Å². The van der Waals surface area contributed by atoms with Gasteiger partial charge in [0.05, 0.1) is 19.8 Å². The number of hydrogen-bond acceptors (Lipinski definition) is 4. The Bertz CT molecular complexity index is 688. The van der Waals surface area contributed by atoms with E-state index in [0.717, 1.165) is 10.0 Å². The third-order valence-electron chi connectivity index (χ3n) is 3.13. The predicted octanol–water partition coefficient (Wildman–Crippen LogP) is 3.10. The quantitative estimate of drug-likeness (QED) is 0.854. The molecule has 0 radical (unpaired) electrons. The van der Waals surface area contributed by atoms with Crippen molar-refractivity contribution < 1.29 is 19.4 Å². The number of amides is 1. The van der Waals surface area contributed by atoms with E-state index >= 15 is 0 Å². The molecule has 0 fully saturated rings. The van der Waals surface area contributed by atoms with Crippen molar-refractivity contribution in [1.82, 2.24) is 5.32 Å². The largest absolute Gasteiger partial charge is 0.507 e. The summed E-state index contributed by atoms with van der Waals surface area (Å²) >= 11 is 3.38. The second kappa shape index (κ2) is 7.17. The Balaban J connectivity index is 2.12. The topological polar surface area (TPSA) is 67.8 Å². The number of benzene rings is 2. The van der Waals surface area contributed by atoms with Gasteiger partial charge in [0, 0.05) is 22.6 Å². The van der Waals surface area contributed by atoms with Gasteiger partial charge in [-0.2, -0.15) is 0 Å². The Morgan fingerprint density at radius 3 is 2.59 bits per heavy atom. The summed E-state index contributed by atoms with van der Waals surface area (Å²) in [6, 6.07) is 10.1. The van der Waals surface area contributed by atoms with Crippen molar-refractivity contribution >= 4 is 21.8 Å². The summed E-state index contributed by atoms with van der Waals surface area (Å²) in [5, 5.41) is 12.6. The molecule has 6 heteroatoms. The molecule has 22 heavy (non-hydrogen) atoms. The highest BCUT2D eigenvalue weighted by Crippen LogP contribution is 2.25. The summed E-state index contributed by atoms with van der Waals surface area (Å²) in [5.41, 5.74) is 1.02. The van der Waals surface area contributed by atoms with Gasteiger partial charge in [-0.3, -0.25) is 4.79 Å². The standard InChI is InChI=1S/C16H16BrNO4/c1-21-12-4-5-13(14(19)8-12)16(20)18-9-10-7-11(17)3-6-15(10)22-2/h3-8,19H,9H2,1-2H3,(H,18,20). The van der Waals surface area contributed by atoms with Gasteiger partial charge in [-0.1, -0.05) is 15.9 Å². The molecule has 0 bridgehead atoms. The van der Waals surface area contributed by atoms with Crippen molar-refractivity contribution in [2.75, 3.05) is 14.2 Å². The molecule has 0 unspecified atom stereocenters. The third-order valence-corrected chi connectivity index (χ3v) is 3.62. The lowest BCUT2D eigenvalue weighted by molar-refractivity contribution is 0.0948. The molecule has 2 aromatic carbocycles. The molecule has 0 aromatic heterocycles. The lowest BCUT2D eigenvalue weighted by atomic mass is 10.1. The van der Waals surface area contributed by atoms with Gasteiger partial charge >= 0.3 is 0 Å². The van der Waals surface area contributed by atoms with Crippen LogP contribution in [0, 0.1) is 0 Å². The predicted molar refractivity (Wildman–Crippen MR) is 86.5 cm³/mol. The highest BCUT2D eigenvalue weighted by atomic mass is 79.9. The van der Waals surface area contributed by atoms with Gasteiger partial charge in [-0.25, -0.2) is 0 Å². The number of halogens is 1. The first-order valence-electron chi connectivity index (χ1n) is 6.52. The Morgan fingerprint density at radius 2 is 1.95 bits per heavy atom. The zero-order chi connectivity index (χ0) is 16.1. The number of rotatable bonds is 5. The molecule has 2 N–H and O–H groups in total. The van der Waals surface area contributed by atoms with Gasteiger partial charge < -0.3 is 19.9 Å². The van der Waals surface area contributed by atoms with Crippen LogP contribution >= 0.6 is 15.9 Å². The van der Waals surface area contributed by atoms with Gasteiger partial charge in [0.1, 0.15) is 17.2 Å². The summed E-state index contributed by atoms with van der Waals surface area (Å²) < 4.78 is 11.1. The summed E-state index contributed by atoms with van der Waals surface area (Å²) in [4.78, 5) is 12.2. The zero-order valence-electron chi connectivity index (χ0n) is 12.2. The van der Waals surface area contributed by atoms with Gasteiger partial charge in [0.15, 0.2) is 0 Å². The maximum absolute atomic E-state index is 12.2. The molecule has 0 atom stereocenters. The van der Waals surface area contributed by atoms with E-state index in [0.29, 0.717) is 11.5 Å². The Kier molecular flexibility index (Phi) is 5.27. The Hall–Kier alpha value is -2.21. The number of carbonyl (C=O) groups is 1. The normalized spacial score (nSPS) is 10.1. The fourth-order valence-corrected chi connectivity index (χ4v) is 2.39. The molecule has 0 aliphatic heterocycles. The minimum absolute atomic E-state index is 0.127. The Morgan fingerprint density at radius 1 is 1.18 bits per heavy atom. The third kappa shape index (κ3) is 3.71. The summed E-state index contributed by atoms with van der Waals surface area (Å²) in [6.45, 7) is 0.285. The highest BCUT2D eigenvalue weighted by Gasteiger charge is 2.13. The first kappa shape index (κ1) is 16.2. The number of aromatic hydroxyl groups is 1. The number of phenolic OH excluding ortho intramolecular Hbond substituents is 1. The van der Waals surface area contributed by atoms with Crippen LogP contribution in [0.25, 0.3) is 0 Å². The highest BCUT2D eigenvalue weighted by molar-refractivity contribution is 9.10. The van der Waals surface area contributed by atoms with Crippen molar-refractivity contribution in [2.24, 2.45) is 0 Å². The van der Waals surface area contributed by atoms with Crippen LogP contribution in [0.5, 0.6) is 17.2 Å². The Labute approximate surface area is 137 Å². The fraction of sp³-hybridized carbons (Fsp3) is 0.188. The van der Waals surface area contributed by atoms with Crippen LogP contribution < -0.4 is 14.8 Å². The van der Waals surface area contributed by atoms with Crippen molar-refractivity contribution in [3.63, 3.8) is 0 Å². The van der Waals surface area contributed by atoms with E-state index in [-0.39, 0.29) is 23.8 Å². The molecule has 116 valence electrons. The summed E-state index contributed by atoms with van der Waals surface area (Å²) in [5.74, 6) is 0.672. The van der Waals surface area contributed by atoms with Crippen LogP contribution in [0.2, 0.25) is 0 Å². The molecule has 0 aliphatic rings. The van der Waals surface area contributed by atoms with E-state index in [4.69, 9.17) is 9.47 Å². The monoisotopic (exact) mass is 365 g/mol. The van der Waals surface area contributed by atoms with Crippen LogP contribution in [0.15, 0.2) is 40.9 Å². The molecule has 0 heterocycles. The van der Waals surface area contributed by atoms with Crippen LogP contribution in [0.3, 0.4) is 0 Å². The van der Waals surface area contributed by atoms with Crippen molar-refractivity contribution in [2.45, 2.75) is 6.54 Å². The average molecular weight is 366 g/mol. The number of ether oxygens (including phenoxy) is 2. The number of hydrogen-bond donors (Lipinski definition) is 2. The first-order chi connectivity index (χ1) is 10.5. The molecule has 0 aliphatic carbocycles. The molecule has 0 spiro atoms. The number of methoxy groups -OCH3 is 2. The lowest BCUT2D eigenvalue weighted by Crippen LogP contribution is -2.23.